The molecule has 5 N–H and O–H groups in total. The van der Waals surface area contributed by atoms with Crippen LogP contribution in [0, 0.1) is 5.41 Å². The molecule has 32 heavy (non-hydrogen) atoms. The summed E-state index contributed by atoms with van der Waals surface area (Å²) < 4.78 is 8.94. The number of aliphatic hydroxyl groups is 2. The third-order valence-electron chi connectivity index (χ3n) is 4.22. The average Bonchev–Trinajstić information content (AvgIpc) is 2.66. The fourth-order valence-corrected chi connectivity index (χ4v) is 2.55. The van der Waals surface area contributed by atoms with E-state index in [1.54, 1.807) is 0 Å². The van der Waals surface area contributed by atoms with Crippen molar-refractivity contribution in [3.63, 3.8) is 0 Å². The first-order chi connectivity index (χ1) is 14.9. The molecule has 0 aliphatic carbocycles. The van der Waals surface area contributed by atoms with Gasteiger partial charge in [0.15, 0.2) is 5.90 Å². The maximum atomic E-state index is 11.7. The molecule has 12 nitrogen and oxygen atoms in total. The van der Waals surface area contributed by atoms with Crippen molar-refractivity contribution in [2.24, 2.45) is 0 Å². The Labute approximate surface area is 185 Å². The molecular weight excluding hydrogens is 430 g/mol. The second kappa shape index (κ2) is 15.9. The van der Waals surface area contributed by atoms with Crippen molar-refractivity contribution in [1.29, 1.82) is 5.41 Å². The summed E-state index contributed by atoms with van der Waals surface area (Å²) in [5.74, 6) is -9.47. The van der Waals surface area contributed by atoms with Crippen LogP contribution >= 0.6 is 0 Å². The molecule has 12 heteroatoms. The summed E-state index contributed by atoms with van der Waals surface area (Å²) >= 11 is 0. The summed E-state index contributed by atoms with van der Waals surface area (Å²) in [4.78, 5) is 55.7. The number of nitrogens with one attached hydrogen (secondary N) is 1. The number of hydrogen-bond donors (Lipinski definition) is 5. The van der Waals surface area contributed by atoms with Gasteiger partial charge in [0.1, 0.15) is 0 Å². The molecule has 0 atom stereocenters. The van der Waals surface area contributed by atoms with Gasteiger partial charge in [-0.2, -0.15) is 0 Å². The van der Waals surface area contributed by atoms with E-state index < -0.39 is 48.0 Å². The lowest BCUT2D eigenvalue weighted by Gasteiger charge is -2.19. The van der Waals surface area contributed by atoms with Crippen molar-refractivity contribution in [1.82, 2.24) is 0 Å². The van der Waals surface area contributed by atoms with Gasteiger partial charge < -0.3 is 29.9 Å². The molecule has 0 radical (unpaired) electrons. The summed E-state index contributed by atoms with van der Waals surface area (Å²) in [5, 5.41) is 43.9. The number of esters is 3. The molecule has 0 aromatic heterocycles. The van der Waals surface area contributed by atoms with Crippen LogP contribution in [-0.2, 0) is 33.4 Å². The highest BCUT2D eigenvalue weighted by Gasteiger charge is 2.39. The van der Waals surface area contributed by atoms with Gasteiger partial charge in [-0.3, -0.25) is 24.6 Å². The van der Waals surface area contributed by atoms with Gasteiger partial charge in [0.05, 0.1) is 6.42 Å². The van der Waals surface area contributed by atoms with Crippen molar-refractivity contribution in [2.75, 3.05) is 0 Å². The second-order valence-electron chi connectivity index (χ2n) is 7.27. The fourth-order valence-electron chi connectivity index (χ4n) is 2.55. The number of carbonyl (C=O) groups excluding carboxylic acids is 3. The highest BCUT2D eigenvalue weighted by molar-refractivity contribution is 5.94. The lowest BCUT2D eigenvalue weighted by atomic mass is 10.1. The number of carboxylic acids is 2. The third kappa shape index (κ3) is 15.9. The van der Waals surface area contributed by atoms with E-state index >= 15 is 0 Å². The number of carboxylic acid groups (broad SMARTS) is 2. The number of rotatable bonds is 17. The van der Waals surface area contributed by atoms with Gasteiger partial charge in [0.25, 0.3) is 5.79 Å². The fraction of sp³-hybridized carbons (Fsp3) is 0.700. The van der Waals surface area contributed by atoms with E-state index in [1.165, 1.54) is 0 Å². The Bertz CT molecular complexity index is 672. The Morgan fingerprint density at radius 3 is 1.41 bits per heavy atom. The van der Waals surface area contributed by atoms with Gasteiger partial charge in [-0.05, 0) is 25.7 Å². The molecule has 0 saturated heterocycles. The summed E-state index contributed by atoms with van der Waals surface area (Å²) in [6.45, 7) is 0. The summed E-state index contributed by atoms with van der Waals surface area (Å²) in [6, 6.07) is 0. The Morgan fingerprint density at radius 2 is 1.00 bits per heavy atom. The van der Waals surface area contributed by atoms with Crippen molar-refractivity contribution in [3.8, 4) is 0 Å². The molecule has 0 fully saturated rings. The number of aliphatic carboxylic acids is 2. The second-order valence-corrected chi connectivity index (χ2v) is 7.27. The van der Waals surface area contributed by atoms with Gasteiger partial charge in [0, 0.05) is 25.7 Å². The average molecular weight is 461 g/mol. The van der Waals surface area contributed by atoms with Crippen LogP contribution in [0.4, 0.5) is 0 Å². The van der Waals surface area contributed by atoms with Crippen LogP contribution in [0.2, 0.25) is 0 Å². The van der Waals surface area contributed by atoms with Crippen LogP contribution in [0.1, 0.15) is 83.5 Å². The standard InChI is InChI=1S/C20H31NO11/c21-14(31-17(26)11-7-3-1-5-9-15(22)23)13-20(29,30)19(28)32-18(27)12-8-4-2-6-10-16(24)25/h21,29-30H,1-13H2,(H,22,23)(H,24,25). The van der Waals surface area contributed by atoms with Crippen LogP contribution < -0.4 is 0 Å². The maximum absolute atomic E-state index is 11.7. The van der Waals surface area contributed by atoms with E-state index in [1.807, 2.05) is 0 Å². The topological polar surface area (TPSA) is 209 Å². The quantitative estimate of drug-likeness (QED) is 0.0523. The molecule has 0 heterocycles. The molecule has 182 valence electrons. The predicted octanol–water partition coefficient (Wildman–Crippen LogP) is 1.50. The Morgan fingerprint density at radius 1 is 0.625 bits per heavy atom. The van der Waals surface area contributed by atoms with Gasteiger partial charge in [0.2, 0.25) is 0 Å². The van der Waals surface area contributed by atoms with Crippen LogP contribution in [0.5, 0.6) is 0 Å². The first-order valence-electron chi connectivity index (χ1n) is 10.4. The minimum Gasteiger partial charge on any atom is -0.481 e. The summed E-state index contributed by atoms with van der Waals surface area (Å²) in [5.41, 5.74) is 0. The summed E-state index contributed by atoms with van der Waals surface area (Å²) in [6.07, 6.45) is 2.61. The van der Waals surface area contributed by atoms with E-state index in [9.17, 15) is 34.2 Å². The minimum atomic E-state index is -3.23. The molecule has 0 amide bonds. The van der Waals surface area contributed by atoms with Crippen LogP contribution in [-0.4, -0.2) is 62.0 Å². The maximum Gasteiger partial charge on any atom is 0.374 e. The first-order valence-corrected chi connectivity index (χ1v) is 10.4. The Kier molecular flexibility index (Phi) is 14.5. The molecule has 0 spiro atoms. The normalized spacial score (nSPS) is 10.9. The monoisotopic (exact) mass is 461 g/mol. The zero-order valence-corrected chi connectivity index (χ0v) is 17.8. The third-order valence-corrected chi connectivity index (χ3v) is 4.22. The molecule has 0 bridgehead atoms. The van der Waals surface area contributed by atoms with E-state index in [0.29, 0.717) is 51.4 Å². The largest absolute Gasteiger partial charge is 0.481 e. The molecule has 0 aromatic rings. The first kappa shape index (κ1) is 29.1. The van der Waals surface area contributed by atoms with E-state index in [4.69, 9.17) is 15.6 Å². The molecule has 0 unspecified atom stereocenters. The minimum absolute atomic E-state index is 0.0177. The van der Waals surface area contributed by atoms with Crippen molar-refractivity contribution in [2.45, 2.75) is 89.3 Å². The Hall–Kier alpha value is -2.86. The number of unbranched alkanes of at least 4 members (excludes halogenated alkanes) is 6. The predicted molar refractivity (Wildman–Crippen MR) is 107 cm³/mol. The van der Waals surface area contributed by atoms with Gasteiger partial charge >= 0.3 is 29.8 Å². The zero-order chi connectivity index (χ0) is 24.6. The van der Waals surface area contributed by atoms with Crippen LogP contribution in [0.3, 0.4) is 0 Å². The van der Waals surface area contributed by atoms with E-state index in [-0.39, 0.29) is 25.7 Å². The molecule has 0 saturated carbocycles. The van der Waals surface area contributed by atoms with E-state index in [2.05, 4.69) is 9.47 Å². The molecule has 0 aromatic carbocycles. The molecule has 0 aliphatic rings. The zero-order valence-electron chi connectivity index (χ0n) is 17.8. The highest BCUT2D eigenvalue weighted by atomic mass is 16.6. The summed E-state index contributed by atoms with van der Waals surface area (Å²) in [7, 11) is 0. The van der Waals surface area contributed by atoms with Gasteiger partial charge in [-0.15, -0.1) is 0 Å². The molecular formula is C20H31NO11. The highest BCUT2D eigenvalue weighted by Crippen LogP contribution is 2.13. The van der Waals surface area contributed by atoms with Crippen molar-refractivity contribution in [3.05, 3.63) is 0 Å². The van der Waals surface area contributed by atoms with Crippen molar-refractivity contribution >= 4 is 35.7 Å². The lowest BCUT2D eigenvalue weighted by Crippen LogP contribution is -2.43. The number of ether oxygens (including phenoxy) is 2. The lowest BCUT2D eigenvalue weighted by molar-refractivity contribution is -0.209. The molecule has 0 aliphatic heterocycles. The number of carbonyl (C=O) groups is 5. The van der Waals surface area contributed by atoms with Crippen LogP contribution in [0.25, 0.3) is 0 Å². The van der Waals surface area contributed by atoms with Gasteiger partial charge in [-0.25, -0.2) is 4.79 Å². The number of hydrogen-bond acceptors (Lipinski definition) is 10. The van der Waals surface area contributed by atoms with Crippen LogP contribution in [0.15, 0.2) is 0 Å². The smallest absolute Gasteiger partial charge is 0.374 e. The Balaban J connectivity index is 4.11. The van der Waals surface area contributed by atoms with E-state index in [0.717, 1.165) is 0 Å². The van der Waals surface area contributed by atoms with Crippen molar-refractivity contribution < 1.29 is 53.9 Å². The molecule has 0 rings (SSSR count). The SMILES string of the molecule is N=C(CC(O)(O)C(=O)OC(=O)CCCCCCC(=O)O)OC(=O)CCCCCCC(=O)O. The van der Waals surface area contributed by atoms with Gasteiger partial charge in [-0.1, -0.05) is 25.7 Å².